The van der Waals surface area contributed by atoms with E-state index in [-0.39, 0.29) is 40.8 Å². The minimum atomic E-state index is 0. The van der Waals surface area contributed by atoms with Crippen LogP contribution in [0.15, 0.2) is 18.2 Å². The van der Waals surface area contributed by atoms with Gasteiger partial charge in [0.25, 0.3) is 0 Å². The molecule has 0 bridgehead atoms. The molecule has 0 spiro atoms. The van der Waals surface area contributed by atoms with Gasteiger partial charge in [0.1, 0.15) is 0 Å². The third kappa shape index (κ3) is 5.01. The smallest absolute Gasteiger partial charge is 0 e. The summed E-state index contributed by atoms with van der Waals surface area (Å²) in [7, 11) is 0. The molecule has 9 heavy (non-hydrogen) atoms. The van der Waals surface area contributed by atoms with Crippen molar-refractivity contribution in [2.75, 3.05) is 0 Å². The zero-order valence-electron chi connectivity index (χ0n) is 4.99. The zero-order chi connectivity index (χ0) is 5.11. The van der Waals surface area contributed by atoms with Crippen molar-refractivity contribution >= 4 is 0 Å². The van der Waals surface area contributed by atoms with Crippen LogP contribution in [0, 0.1) is 19.1 Å². The standard InChI is InChI=1S/C7H6.2Re/c1-7-5-3-2-4-6-7;;/h2-4H,1H3;;/q-2;;. The van der Waals surface area contributed by atoms with Gasteiger partial charge in [-0.25, -0.2) is 0 Å². The molecular formula is C7H6Re2-2. The Morgan fingerprint density at radius 1 is 1.11 bits per heavy atom. The van der Waals surface area contributed by atoms with Crippen molar-refractivity contribution in [2.45, 2.75) is 6.92 Å². The molecule has 0 aliphatic rings. The normalized spacial score (nSPS) is 6.78. The third-order valence-electron chi connectivity index (χ3n) is 0.792. The Hall–Kier alpha value is 0.545. The summed E-state index contributed by atoms with van der Waals surface area (Å²) in [6.45, 7) is 1.97. The summed E-state index contributed by atoms with van der Waals surface area (Å²) in [6.07, 6.45) is 0. The van der Waals surface area contributed by atoms with E-state index in [0.29, 0.717) is 0 Å². The Balaban J connectivity index is 0. The maximum atomic E-state index is 2.98. The van der Waals surface area contributed by atoms with E-state index in [1.807, 2.05) is 25.1 Å². The van der Waals surface area contributed by atoms with Gasteiger partial charge in [0.05, 0.1) is 0 Å². The van der Waals surface area contributed by atoms with Crippen LogP contribution in [0.25, 0.3) is 0 Å². The van der Waals surface area contributed by atoms with Crippen LogP contribution in [0.3, 0.4) is 0 Å². The van der Waals surface area contributed by atoms with Crippen molar-refractivity contribution in [3.05, 3.63) is 35.9 Å². The minimum Gasteiger partial charge on any atom is -0.356 e. The van der Waals surface area contributed by atoms with Gasteiger partial charge >= 0.3 is 0 Å². The molecule has 0 aromatic heterocycles. The summed E-state index contributed by atoms with van der Waals surface area (Å²) in [4.78, 5) is 0. The molecular weight excluding hydrogens is 456 g/mol. The van der Waals surface area contributed by atoms with Crippen molar-refractivity contribution in [2.24, 2.45) is 0 Å². The van der Waals surface area contributed by atoms with Crippen molar-refractivity contribution in [3.8, 4) is 0 Å². The molecule has 0 saturated carbocycles. The number of hydrogen-bond donors (Lipinski definition) is 0. The molecule has 0 saturated heterocycles. The molecule has 50 valence electrons. The van der Waals surface area contributed by atoms with Gasteiger partial charge in [-0.15, -0.1) is 0 Å². The Labute approximate surface area is 83.4 Å². The van der Waals surface area contributed by atoms with Gasteiger partial charge in [-0.1, -0.05) is 6.92 Å². The molecule has 1 rings (SSSR count). The molecule has 0 aliphatic heterocycles. The molecule has 2 heteroatoms. The van der Waals surface area contributed by atoms with Crippen LogP contribution in [-0.4, -0.2) is 0 Å². The summed E-state index contributed by atoms with van der Waals surface area (Å²) in [5.74, 6) is 0. The summed E-state index contributed by atoms with van der Waals surface area (Å²) in [5, 5.41) is 0. The van der Waals surface area contributed by atoms with Gasteiger partial charge in [-0.2, -0.15) is 0 Å². The van der Waals surface area contributed by atoms with Crippen LogP contribution < -0.4 is 0 Å². The van der Waals surface area contributed by atoms with E-state index in [9.17, 15) is 0 Å². The van der Waals surface area contributed by atoms with Gasteiger partial charge in [-0.3, -0.25) is 23.8 Å². The molecule has 0 heterocycles. The summed E-state index contributed by atoms with van der Waals surface area (Å²) >= 11 is 0. The van der Waals surface area contributed by atoms with E-state index in [1.54, 1.807) is 0 Å². The van der Waals surface area contributed by atoms with Crippen LogP contribution in [0.2, 0.25) is 0 Å². The maximum absolute atomic E-state index is 2.98. The fourth-order valence-corrected chi connectivity index (χ4v) is 0.436. The second-order valence-electron chi connectivity index (χ2n) is 1.44. The van der Waals surface area contributed by atoms with E-state index in [4.69, 9.17) is 0 Å². The second kappa shape index (κ2) is 6.66. The number of benzene rings is 1. The average Bonchev–Trinajstić information content (AvgIpc) is 1.69. The average molecular weight is 463 g/mol. The molecule has 0 atom stereocenters. The van der Waals surface area contributed by atoms with Crippen LogP contribution in [-0.2, 0) is 40.8 Å². The summed E-state index contributed by atoms with van der Waals surface area (Å²) in [5.41, 5.74) is 1.07. The molecule has 0 amide bonds. The predicted octanol–water partition coefficient (Wildman–Crippen LogP) is 1.59. The molecule has 0 N–H and O–H groups in total. The van der Waals surface area contributed by atoms with E-state index in [2.05, 4.69) is 12.1 Å². The first-order chi connectivity index (χ1) is 3.39. The number of aryl methyl sites for hydroxylation is 1. The van der Waals surface area contributed by atoms with Gasteiger partial charge in [-0.05, 0) is 0 Å². The number of hydrogen-bond acceptors (Lipinski definition) is 0. The monoisotopic (exact) mass is 464 g/mol. The largest absolute Gasteiger partial charge is 0.356 e. The molecule has 2 radical (unpaired) electrons. The first-order valence-electron chi connectivity index (χ1n) is 2.24. The maximum Gasteiger partial charge on any atom is 0 e. The van der Waals surface area contributed by atoms with Crippen molar-refractivity contribution < 1.29 is 40.8 Å². The molecule has 0 nitrogen and oxygen atoms in total. The Morgan fingerprint density at radius 3 is 1.78 bits per heavy atom. The Morgan fingerprint density at radius 2 is 1.56 bits per heavy atom. The van der Waals surface area contributed by atoms with Crippen LogP contribution >= 0.6 is 0 Å². The van der Waals surface area contributed by atoms with Crippen LogP contribution in [0.5, 0.6) is 0 Å². The molecule has 0 fully saturated rings. The van der Waals surface area contributed by atoms with E-state index in [1.165, 1.54) is 0 Å². The minimum absolute atomic E-state index is 0. The second-order valence-corrected chi connectivity index (χ2v) is 1.44. The predicted molar refractivity (Wildman–Crippen MR) is 28.9 cm³/mol. The Kier molecular flexibility index (Phi) is 9.06. The van der Waals surface area contributed by atoms with Gasteiger partial charge in [0.2, 0.25) is 0 Å². The van der Waals surface area contributed by atoms with Crippen LogP contribution in [0.4, 0.5) is 0 Å². The quantitative estimate of drug-likeness (QED) is 0.514. The fourth-order valence-electron chi connectivity index (χ4n) is 0.436. The molecule has 1 aromatic rings. The number of rotatable bonds is 0. The van der Waals surface area contributed by atoms with E-state index >= 15 is 0 Å². The van der Waals surface area contributed by atoms with Crippen molar-refractivity contribution in [1.29, 1.82) is 0 Å². The van der Waals surface area contributed by atoms with Crippen LogP contribution in [0.1, 0.15) is 5.56 Å². The Bertz CT molecular complexity index is 137. The molecule has 1 aromatic carbocycles. The van der Waals surface area contributed by atoms with Crippen molar-refractivity contribution in [1.82, 2.24) is 0 Å². The fraction of sp³-hybridized carbons (Fsp3) is 0.143. The van der Waals surface area contributed by atoms with Gasteiger partial charge < -0.3 is 12.1 Å². The SMILES string of the molecule is Cc1[c-]ccc[c-]1.[Re].[Re]. The van der Waals surface area contributed by atoms with E-state index < -0.39 is 0 Å². The first-order valence-corrected chi connectivity index (χ1v) is 2.24. The zero-order valence-corrected chi connectivity index (χ0v) is 10.4. The van der Waals surface area contributed by atoms with E-state index in [0.717, 1.165) is 5.56 Å². The third-order valence-corrected chi connectivity index (χ3v) is 0.792. The van der Waals surface area contributed by atoms with Gasteiger partial charge in [0.15, 0.2) is 0 Å². The topological polar surface area (TPSA) is 0 Å². The van der Waals surface area contributed by atoms with Crippen molar-refractivity contribution in [3.63, 3.8) is 0 Å². The summed E-state index contributed by atoms with van der Waals surface area (Å²) < 4.78 is 0. The summed E-state index contributed by atoms with van der Waals surface area (Å²) in [6, 6.07) is 11.6. The molecule has 0 unspecified atom stereocenters. The molecule has 0 aliphatic carbocycles. The first kappa shape index (κ1) is 12.2. The van der Waals surface area contributed by atoms with Gasteiger partial charge in [0, 0.05) is 40.8 Å².